The summed E-state index contributed by atoms with van der Waals surface area (Å²) in [5.41, 5.74) is 0.566. The van der Waals surface area contributed by atoms with Crippen LogP contribution in [-0.4, -0.2) is 24.3 Å². The van der Waals surface area contributed by atoms with Crippen molar-refractivity contribution in [3.8, 4) is 23.6 Å². The lowest BCUT2D eigenvalue weighted by Crippen LogP contribution is -2.11. The molecule has 7 heteroatoms. The smallest absolute Gasteiger partial charge is 0.341 e. The Bertz CT molecular complexity index is 640. The van der Waals surface area contributed by atoms with Crippen molar-refractivity contribution < 1.29 is 19.4 Å². The number of ether oxygens (including phenoxy) is 2. The third kappa shape index (κ3) is 4.97. The van der Waals surface area contributed by atoms with Gasteiger partial charge in [0.2, 0.25) is 0 Å². The average molecular weight is 398 g/mol. The molecule has 1 aromatic rings. The maximum atomic E-state index is 10.6. The van der Waals surface area contributed by atoms with Gasteiger partial charge in [0.05, 0.1) is 10.2 Å². The van der Waals surface area contributed by atoms with Crippen LogP contribution < -0.4 is 9.47 Å². The Balaban J connectivity index is 3.24. The first-order chi connectivity index (χ1) is 10.0. The number of allylic oxidation sites excluding steroid dienone is 1. The van der Waals surface area contributed by atoms with Gasteiger partial charge in [-0.05, 0) is 53.3 Å². The number of hydrogen-bond donors (Lipinski definition) is 1. The number of hydrogen-bond acceptors (Lipinski definition) is 5. The van der Waals surface area contributed by atoms with Gasteiger partial charge in [-0.2, -0.15) is 10.5 Å². The van der Waals surface area contributed by atoms with E-state index >= 15 is 0 Å². The largest absolute Gasteiger partial charge is 0.490 e. The molecule has 6 nitrogen and oxygen atoms in total. The summed E-state index contributed by atoms with van der Waals surface area (Å²) in [6.07, 6.45) is 1.42. The highest BCUT2D eigenvalue weighted by molar-refractivity contribution is 14.1. The number of nitriles is 2. The highest BCUT2D eigenvalue weighted by Crippen LogP contribution is 2.34. The van der Waals surface area contributed by atoms with Gasteiger partial charge in [-0.15, -0.1) is 0 Å². The molecule has 0 radical (unpaired) electrons. The van der Waals surface area contributed by atoms with Crippen LogP contribution in [0.4, 0.5) is 0 Å². The van der Waals surface area contributed by atoms with E-state index in [1.165, 1.54) is 6.08 Å². The molecule has 0 heterocycles. The Morgan fingerprint density at radius 2 is 2.05 bits per heavy atom. The molecule has 1 N–H and O–H groups in total. The molecule has 0 spiro atoms. The summed E-state index contributed by atoms with van der Waals surface area (Å²) in [7, 11) is 0. The van der Waals surface area contributed by atoms with Gasteiger partial charge in [0, 0.05) is 0 Å². The van der Waals surface area contributed by atoms with E-state index in [0.29, 0.717) is 27.2 Å². The lowest BCUT2D eigenvalue weighted by Gasteiger charge is -2.13. The van der Waals surface area contributed by atoms with Gasteiger partial charge < -0.3 is 14.6 Å². The molecule has 0 aromatic heterocycles. The molecule has 0 fully saturated rings. The van der Waals surface area contributed by atoms with Crippen LogP contribution in [0.15, 0.2) is 17.7 Å². The average Bonchev–Trinajstić information content (AvgIpc) is 2.43. The quantitative estimate of drug-likeness (QED) is 0.584. The fraction of sp³-hybridized carbons (Fsp3) is 0.214. The van der Waals surface area contributed by atoms with Crippen LogP contribution >= 0.6 is 22.6 Å². The standard InChI is InChI=1S/C14H11IN2O4/c1-2-20-12-5-9(3-10(6-16)7-17)4-11(15)14(12)21-8-13(18)19/h3-5H,2,8H2,1H3,(H,18,19). The minimum Gasteiger partial charge on any atom is -0.490 e. The number of halogens is 1. The summed E-state index contributed by atoms with van der Waals surface area (Å²) in [6.45, 7) is 1.68. The van der Waals surface area contributed by atoms with E-state index < -0.39 is 12.6 Å². The van der Waals surface area contributed by atoms with Crippen molar-refractivity contribution in [1.29, 1.82) is 10.5 Å². The normalized spacial score (nSPS) is 9.14. The van der Waals surface area contributed by atoms with Crippen LogP contribution in [0.25, 0.3) is 6.08 Å². The third-order valence-electron chi connectivity index (χ3n) is 2.22. The minimum absolute atomic E-state index is 0.0348. The Hall–Kier alpha value is -2.26. The second kappa shape index (κ2) is 8.12. The van der Waals surface area contributed by atoms with Gasteiger partial charge in [-0.3, -0.25) is 0 Å². The first-order valence-electron chi connectivity index (χ1n) is 5.84. The lowest BCUT2D eigenvalue weighted by atomic mass is 10.1. The van der Waals surface area contributed by atoms with E-state index in [9.17, 15) is 4.79 Å². The molecule has 0 saturated carbocycles. The van der Waals surface area contributed by atoms with Crippen LogP contribution in [0.3, 0.4) is 0 Å². The van der Waals surface area contributed by atoms with Crippen LogP contribution in [0.1, 0.15) is 12.5 Å². The summed E-state index contributed by atoms with van der Waals surface area (Å²) in [4.78, 5) is 10.6. The zero-order valence-corrected chi connectivity index (χ0v) is 13.2. The highest BCUT2D eigenvalue weighted by atomic mass is 127. The van der Waals surface area contributed by atoms with Gasteiger partial charge in [0.1, 0.15) is 17.7 Å². The van der Waals surface area contributed by atoms with Gasteiger partial charge in [-0.25, -0.2) is 4.79 Å². The van der Waals surface area contributed by atoms with E-state index in [1.807, 2.05) is 22.6 Å². The summed E-state index contributed by atoms with van der Waals surface area (Å²) >= 11 is 1.98. The Morgan fingerprint density at radius 3 is 2.57 bits per heavy atom. The summed E-state index contributed by atoms with van der Waals surface area (Å²) in [6, 6.07) is 6.82. The molecule has 0 aliphatic rings. The predicted octanol–water partition coefficient (Wildman–Crippen LogP) is 2.58. The van der Waals surface area contributed by atoms with Crippen LogP contribution in [-0.2, 0) is 4.79 Å². The minimum atomic E-state index is -1.09. The van der Waals surface area contributed by atoms with Crippen LogP contribution in [0.5, 0.6) is 11.5 Å². The van der Waals surface area contributed by atoms with Crippen molar-refractivity contribution in [2.24, 2.45) is 0 Å². The van der Waals surface area contributed by atoms with Crippen molar-refractivity contribution in [1.82, 2.24) is 0 Å². The summed E-state index contributed by atoms with van der Waals surface area (Å²) in [5, 5.41) is 26.2. The second-order valence-corrected chi connectivity index (χ2v) is 4.89. The lowest BCUT2D eigenvalue weighted by molar-refractivity contribution is -0.139. The molecule has 21 heavy (non-hydrogen) atoms. The Kier molecular flexibility index (Phi) is 6.50. The first-order valence-corrected chi connectivity index (χ1v) is 6.92. The summed E-state index contributed by atoms with van der Waals surface area (Å²) in [5.74, 6) is -0.395. The molecule has 0 saturated heterocycles. The molecule has 0 aliphatic heterocycles. The van der Waals surface area contributed by atoms with E-state index in [4.69, 9.17) is 25.1 Å². The number of carbonyl (C=O) groups is 1. The predicted molar refractivity (Wildman–Crippen MR) is 82.7 cm³/mol. The molecular formula is C14H11IN2O4. The van der Waals surface area contributed by atoms with E-state index in [1.54, 1.807) is 31.2 Å². The summed E-state index contributed by atoms with van der Waals surface area (Å²) < 4.78 is 11.3. The molecule has 0 aliphatic carbocycles. The van der Waals surface area contributed by atoms with Gasteiger partial charge in [-0.1, -0.05) is 0 Å². The molecule has 1 rings (SSSR count). The SMILES string of the molecule is CCOc1cc(C=C(C#N)C#N)cc(I)c1OCC(=O)O. The van der Waals surface area contributed by atoms with E-state index in [-0.39, 0.29) is 5.57 Å². The van der Waals surface area contributed by atoms with Crippen molar-refractivity contribution >= 4 is 34.6 Å². The highest BCUT2D eigenvalue weighted by Gasteiger charge is 2.13. The molecular weight excluding hydrogens is 387 g/mol. The number of carboxylic acid groups (broad SMARTS) is 1. The Labute approximate surface area is 135 Å². The van der Waals surface area contributed by atoms with Crippen LogP contribution in [0, 0.1) is 26.2 Å². The van der Waals surface area contributed by atoms with Crippen LogP contribution in [0.2, 0.25) is 0 Å². The fourth-order valence-corrected chi connectivity index (χ4v) is 2.25. The number of benzene rings is 1. The monoisotopic (exact) mass is 398 g/mol. The van der Waals surface area contributed by atoms with Crippen molar-refractivity contribution in [3.05, 3.63) is 26.8 Å². The van der Waals surface area contributed by atoms with Gasteiger partial charge in [0.15, 0.2) is 18.1 Å². The third-order valence-corrected chi connectivity index (χ3v) is 3.02. The first kappa shape index (κ1) is 16.8. The number of nitrogens with zero attached hydrogens (tertiary/aromatic N) is 2. The number of carboxylic acids is 1. The van der Waals surface area contributed by atoms with Gasteiger partial charge >= 0.3 is 5.97 Å². The fourth-order valence-electron chi connectivity index (χ4n) is 1.46. The molecule has 0 bridgehead atoms. The van der Waals surface area contributed by atoms with Crippen molar-refractivity contribution in [2.75, 3.05) is 13.2 Å². The van der Waals surface area contributed by atoms with Crippen molar-refractivity contribution in [3.63, 3.8) is 0 Å². The van der Waals surface area contributed by atoms with Gasteiger partial charge in [0.25, 0.3) is 0 Å². The second-order valence-electron chi connectivity index (χ2n) is 3.73. The maximum Gasteiger partial charge on any atom is 0.341 e. The molecule has 1 aromatic carbocycles. The Morgan fingerprint density at radius 1 is 1.38 bits per heavy atom. The number of aliphatic carboxylic acids is 1. The zero-order valence-electron chi connectivity index (χ0n) is 11.1. The number of rotatable bonds is 6. The molecule has 0 atom stereocenters. The zero-order chi connectivity index (χ0) is 15.8. The van der Waals surface area contributed by atoms with Crippen molar-refractivity contribution in [2.45, 2.75) is 6.92 Å². The van der Waals surface area contributed by atoms with E-state index in [0.717, 1.165) is 0 Å². The molecule has 0 unspecified atom stereocenters. The topological polar surface area (TPSA) is 103 Å². The van der Waals surface area contributed by atoms with E-state index in [2.05, 4.69) is 0 Å². The maximum absolute atomic E-state index is 10.6. The molecule has 0 amide bonds. The molecule has 108 valence electrons.